The van der Waals surface area contributed by atoms with Gasteiger partial charge in [0.25, 0.3) is 0 Å². The first-order valence-electron chi connectivity index (χ1n) is 9.58. The number of ether oxygens (including phenoxy) is 2. The number of hydrogen-bond donors (Lipinski definition) is 0. The molecular formula is C23H25NO4. The Bertz CT molecular complexity index is 882. The summed E-state index contributed by atoms with van der Waals surface area (Å²) in [5.74, 6) is 0.998. The number of carbonyl (C=O) groups excluding carboxylic acids is 1. The summed E-state index contributed by atoms with van der Waals surface area (Å²) >= 11 is 0. The maximum atomic E-state index is 11.5. The summed E-state index contributed by atoms with van der Waals surface area (Å²) in [6.07, 6.45) is 6.39. The van der Waals surface area contributed by atoms with Gasteiger partial charge in [0.15, 0.2) is 0 Å². The highest BCUT2D eigenvalue weighted by atomic mass is 16.5. The molecule has 1 heterocycles. The lowest BCUT2D eigenvalue weighted by Gasteiger charge is -2.06. The molecule has 5 nitrogen and oxygen atoms in total. The number of esters is 1. The average Bonchev–Trinajstić information content (AvgIpc) is 3.24. The zero-order valence-corrected chi connectivity index (χ0v) is 16.3. The fourth-order valence-electron chi connectivity index (χ4n) is 2.85. The first-order valence-corrected chi connectivity index (χ1v) is 9.58. The molecule has 0 fully saturated rings. The predicted molar refractivity (Wildman–Crippen MR) is 108 cm³/mol. The molecule has 0 aliphatic heterocycles. The van der Waals surface area contributed by atoms with Gasteiger partial charge in [-0.2, -0.15) is 0 Å². The van der Waals surface area contributed by atoms with E-state index >= 15 is 0 Å². The van der Waals surface area contributed by atoms with Crippen LogP contribution in [-0.2, 0) is 4.74 Å². The molecule has 2 aromatic carbocycles. The summed E-state index contributed by atoms with van der Waals surface area (Å²) in [5.41, 5.74) is 3.00. The van der Waals surface area contributed by atoms with Gasteiger partial charge in [-0.15, -0.1) is 0 Å². The van der Waals surface area contributed by atoms with Crippen molar-refractivity contribution in [2.75, 3.05) is 13.7 Å². The second-order valence-corrected chi connectivity index (χ2v) is 6.54. The molecule has 0 saturated carbocycles. The van der Waals surface area contributed by atoms with Crippen molar-refractivity contribution in [1.82, 2.24) is 4.98 Å². The number of rotatable bonds is 9. The Morgan fingerprint density at radius 3 is 2.36 bits per heavy atom. The minimum Gasteiger partial charge on any atom is -0.494 e. The highest BCUT2D eigenvalue weighted by Crippen LogP contribution is 2.26. The summed E-state index contributed by atoms with van der Waals surface area (Å²) in [7, 11) is 1.36. The average molecular weight is 379 g/mol. The Kier molecular flexibility index (Phi) is 6.84. The topological polar surface area (TPSA) is 61.6 Å². The van der Waals surface area contributed by atoms with E-state index in [4.69, 9.17) is 13.9 Å². The summed E-state index contributed by atoms with van der Waals surface area (Å²) < 4.78 is 16.1. The normalized spacial score (nSPS) is 10.6. The van der Waals surface area contributed by atoms with Crippen LogP contribution in [0.3, 0.4) is 0 Å². The molecule has 3 aromatic rings. The lowest BCUT2D eigenvalue weighted by atomic mass is 10.1. The maximum Gasteiger partial charge on any atom is 0.337 e. The van der Waals surface area contributed by atoms with Gasteiger partial charge in [-0.3, -0.25) is 0 Å². The standard InChI is InChI=1S/C23H25NO4/c1-3-4-5-6-15-27-20-13-11-17(12-14-20)21-16-28-22(24-21)18-7-9-19(10-8-18)23(25)26-2/h7-14,16H,3-6,15H2,1-2H3. The van der Waals surface area contributed by atoms with Crippen molar-refractivity contribution < 1.29 is 18.7 Å². The number of methoxy groups -OCH3 is 1. The number of nitrogens with zero attached hydrogens (tertiary/aromatic N) is 1. The van der Waals surface area contributed by atoms with E-state index in [1.807, 2.05) is 24.3 Å². The molecule has 0 saturated heterocycles. The molecule has 3 rings (SSSR count). The Morgan fingerprint density at radius 2 is 1.68 bits per heavy atom. The Balaban J connectivity index is 1.62. The van der Waals surface area contributed by atoms with Gasteiger partial charge in [-0.05, 0) is 55.0 Å². The van der Waals surface area contributed by atoms with Gasteiger partial charge in [-0.1, -0.05) is 26.2 Å². The van der Waals surface area contributed by atoms with Crippen LogP contribution in [0.5, 0.6) is 5.75 Å². The predicted octanol–water partition coefficient (Wildman–Crippen LogP) is 5.75. The van der Waals surface area contributed by atoms with Crippen LogP contribution in [0.15, 0.2) is 59.2 Å². The van der Waals surface area contributed by atoms with Crippen LogP contribution in [0.2, 0.25) is 0 Å². The van der Waals surface area contributed by atoms with Gasteiger partial charge >= 0.3 is 5.97 Å². The smallest absolute Gasteiger partial charge is 0.337 e. The zero-order valence-electron chi connectivity index (χ0n) is 16.3. The summed E-state index contributed by atoms with van der Waals surface area (Å²) in [4.78, 5) is 16.1. The van der Waals surface area contributed by atoms with Crippen molar-refractivity contribution in [3.8, 4) is 28.5 Å². The molecule has 0 unspecified atom stereocenters. The summed E-state index contributed by atoms with van der Waals surface area (Å²) in [5, 5.41) is 0. The van der Waals surface area contributed by atoms with Gasteiger partial charge in [0, 0.05) is 11.1 Å². The van der Waals surface area contributed by atoms with E-state index in [2.05, 4.69) is 11.9 Å². The van der Waals surface area contributed by atoms with Gasteiger partial charge < -0.3 is 13.9 Å². The Morgan fingerprint density at radius 1 is 0.964 bits per heavy atom. The van der Waals surface area contributed by atoms with Gasteiger partial charge in [0.05, 0.1) is 19.3 Å². The Hall–Kier alpha value is -3.08. The monoisotopic (exact) mass is 379 g/mol. The largest absolute Gasteiger partial charge is 0.494 e. The molecule has 1 aromatic heterocycles. The van der Waals surface area contributed by atoms with Crippen LogP contribution in [-0.4, -0.2) is 24.7 Å². The zero-order chi connectivity index (χ0) is 19.8. The van der Waals surface area contributed by atoms with Crippen LogP contribution < -0.4 is 4.74 Å². The van der Waals surface area contributed by atoms with Gasteiger partial charge in [0.2, 0.25) is 5.89 Å². The molecule has 0 N–H and O–H groups in total. The molecule has 5 heteroatoms. The molecule has 0 aliphatic rings. The summed E-state index contributed by atoms with van der Waals surface area (Å²) in [6.45, 7) is 2.95. The van der Waals surface area contributed by atoms with E-state index in [0.717, 1.165) is 35.6 Å². The number of unbranched alkanes of at least 4 members (excludes halogenated alkanes) is 3. The molecule has 0 amide bonds. The van der Waals surface area contributed by atoms with E-state index in [1.165, 1.54) is 26.4 Å². The Labute approximate surface area is 165 Å². The van der Waals surface area contributed by atoms with Crippen molar-refractivity contribution in [3.05, 3.63) is 60.4 Å². The number of benzene rings is 2. The second kappa shape index (κ2) is 9.74. The quantitative estimate of drug-likeness (QED) is 0.350. The van der Waals surface area contributed by atoms with Crippen LogP contribution in [0.1, 0.15) is 43.0 Å². The minimum absolute atomic E-state index is 0.368. The number of carbonyl (C=O) groups is 1. The maximum absolute atomic E-state index is 11.5. The summed E-state index contributed by atoms with van der Waals surface area (Å²) in [6, 6.07) is 14.8. The molecule has 0 atom stereocenters. The van der Waals surface area contributed by atoms with Crippen LogP contribution >= 0.6 is 0 Å². The highest BCUT2D eigenvalue weighted by molar-refractivity contribution is 5.89. The molecule has 0 aliphatic carbocycles. The van der Waals surface area contributed by atoms with E-state index in [-0.39, 0.29) is 5.97 Å². The van der Waals surface area contributed by atoms with E-state index in [1.54, 1.807) is 30.5 Å². The number of aromatic nitrogens is 1. The minimum atomic E-state index is -0.368. The third kappa shape index (κ3) is 5.00. The second-order valence-electron chi connectivity index (χ2n) is 6.54. The molecular weight excluding hydrogens is 354 g/mol. The van der Waals surface area contributed by atoms with E-state index < -0.39 is 0 Å². The van der Waals surface area contributed by atoms with Crippen molar-refractivity contribution in [1.29, 1.82) is 0 Å². The fourth-order valence-corrected chi connectivity index (χ4v) is 2.85. The first kappa shape index (κ1) is 19.7. The SMILES string of the molecule is CCCCCCOc1ccc(-c2coc(-c3ccc(C(=O)OC)cc3)n2)cc1. The van der Waals surface area contributed by atoms with Gasteiger partial charge in [0.1, 0.15) is 17.7 Å². The third-order valence-corrected chi connectivity index (χ3v) is 4.47. The van der Waals surface area contributed by atoms with Crippen LogP contribution in [0, 0.1) is 0 Å². The molecule has 0 bridgehead atoms. The van der Waals surface area contributed by atoms with Crippen molar-refractivity contribution in [2.45, 2.75) is 32.6 Å². The highest BCUT2D eigenvalue weighted by Gasteiger charge is 2.10. The number of oxazole rings is 1. The molecule has 146 valence electrons. The first-order chi connectivity index (χ1) is 13.7. The van der Waals surface area contributed by atoms with Crippen molar-refractivity contribution in [2.24, 2.45) is 0 Å². The van der Waals surface area contributed by atoms with Crippen LogP contribution in [0.25, 0.3) is 22.7 Å². The van der Waals surface area contributed by atoms with Gasteiger partial charge in [-0.25, -0.2) is 9.78 Å². The fraction of sp³-hybridized carbons (Fsp3) is 0.304. The van der Waals surface area contributed by atoms with Crippen molar-refractivity contribution in [3.63, 3.8) is 0 Å². The lowest BCUT2D eigenvalue weighted by molar-refractivity contribution is 0.0600. The van der Waals surface area contributed by atoms with Crippen LogP contribution in [0.4, 0.5) is 0 Å². The molecule has 0 radical (unpaired) electrons. The lowest BCUT2D eigenvalue weighted by Crippen LogP contribution is -2.00. The van der Waals surface area contributed by atoms with E-state index in [0.29, 0.717) is 11.5 Å². The molecule has 0 spiro atoms. The number of hydrogen-bond acceptors (Lipinski definition) is 5. The third-order valence-electron chi connectivity index (χ3n) is 4.47. The molecule has 28 heavy (non-hydrogen) atoms. The van der Waals surface area contributed by atoms with E-state index in [9.17, 15) is 4.79 Å². The van der Waals surface area contributed by atoms with Crippen molar-refractivity contribution >= 4 is 5.97 Å².